The van der Waals surface area contributed by atoms with Crippen LogP contribution in [0.3, 0.4) is 0 Å². The molecule has 0 saturated heterocycles. The Balaban J connectivity index is 2.85. The van der Waals surface area contributed by atoms with Crippen molar-refractivity contribution in [1.82, 2.24) is 5.32 Å². The van der Waals surface area contributed by atoms with Gasteiger partial charge in [0.1, 0.15) is 0 Å². The van der Waals surface area contributed by atoms with E-state index >= 15 is 0 Å². The summed E-state index contributed by atoms with van der Waals surface area (Å²) in [7, 11) is 1.11. The number of nitrogens with one attached hydrogen (secondary N) is 2. The molecule has 0 saturated carbocycles. The maximum Gasteiger partial charge on any atom is 0.418 e. The van der Waals surface area contributed by atoms with Gasteiger partial charge in [0, 0.05) is 0 Å². The molecule has 1 rings (SSSR count). The van der Waals surface area contributed by atoms with Crippen LogP contribution in [0.1, 0.15) is 5.56 Å². The number of carbonyl (C=O) groups excluding carboxylic acids is 1. The van der Waals surface area contributed by atoms with Crippen LogP contribution in [0.25, 0.3) is 0 Å². The SMILES string of the molecule is COC(=O)NC(=S)Nc1ccccc1C(F)(F)F. The van der Waals surface area contributed by atoms with Gasteiger partial charge in [-0.05, 0) is 24.4 Å². The van der Waals surface area contributed by atoms with Gasteiger partial charge in [-0.1, -0.05) is 12.1 Å². The van der Waals surface area contributed by atoms with Crippen molar-refractivity contribution in [3.8, 4) is 0 Å². The van der Waals surface area contributed by atoms with Gasteiger partial charge in [0.25, 0.3) is 0 Å². The van der Waals surface area contributed by atoms with Gasteiger partial charge in [0.2, 0.25) is 0 Å². The number of hydrogen-bond acceptors (Lipinski definition) is 3. The number of hydrogen-bond donors (Lipinski definition) is 2. The maximum absolute atomic E-state index is 12.6. The van der Waals surface area contributed by atoms with E-state index in [1.807, 2.05) is 5.32 Å². The number of thiocarbonyl (C=S) groups is 1. The molecule has 0 spiro atoms. The zero-order chi connectivity index (χ0) is 13.8. The Labute approximate surface area is 106 Å². The standard InChI is InChI=1S/C10H9F3N2O2S/c1-17-9(16)15-8(18)14-7-5-3-2-4-6(7)10(11,12)13/h2-5H,1H3,(H2,14,15,16,18). The molecule has 0 atom stereocenters. The number of anilines is 1. The van der Waals surface area contributed by atoms with Crippen LogP contribution in [0.5, 0.6) is 0 Å². The van der Waals surface area contributed by atoms with Crippen molar-refractivity contribution in [3.05, 3.63) is 29.8 Å². The number of ether oxygens (including phenoxy) is 1. The van der Waals surface area contributed by atoms with Gasteiger partial charge in [0.05, 0.1) is 18.4 Å². The molecule has 0 aromatic heterocycles. The van der Waals surface area contributed by atoms with E-state index in [-0.39, 0.29) is 10.8 Å². The number of rotatable bonds is 1. The van der Waals surface area contributed by atoms with Gasteiger partial charge in [-0.3, -0.25) is 5.32 Å². The molecule has 1 aromatic carbocycles. The number of amides is 1. The van der Waals surface area contributed by atoms with Gasteiger partial charge in [-0.2, -0.15) is 13.2 Å². The zero-order valence-electron chi connectivity index (χ0n) is 9.17. The first-order valence-corrected chi connectivity index (χ1v) is 5.07. The highest BCUT2D eigenvalue weighted by Crippen LogP contribution is 2.34. The minimum absolute atomic E-state index is 0.244. The second-order valence-corrected chi connectivity index (χ2v) is 3.52. The number of alkyl carbamates (subject to hydrolysis) is 1. The summed E-state index contributed by atoms with van der Waals surface area (Å²) in [6.45, 7) is 0. The van der Waals surface area contributed by atoms with E-state index in [1.165, 1.54) is 18.2 Å². The van der Waals surface area contributed by atoms with Crippen molar-refractivity contribution in [2.75, 3.05) is 12.4 Å². The van der Waals surface area contributed by atoms with E-state index in [0.717, 1.165) is 13.2 Å². The van der Waals surface area contributed by atoms with E-state index in [2.05, 4.69) is 22.3 Å². The van der Waals surface area contributed by atoms with Gasteiger partial charge < -0.3 is 10.1 Å². The quantitative estimate of drug-likeness (QED) is 0.776. The molecule has 98 valence electrons. The lowest BCUT2D eigenvalue weighted by Crippen LogP contribution is -2.34. The summed E-state index contributed by atoms with van der Waals surface area (Å²) in [5.41, 5.74) is -1.12. The molecule has 8 heteroatoms. The molecule has 0 fully saturated rings. The fourth-order valence-electron chi connectivity index (χ4n) is 1.14. The highest BCUT2D eigenvalue weighted by molar-refractivity contribution is 7.80. The first kappa shape index (κ1) is 14.2. The fourth-order valence-corrected chi connectivity index (χ4v) is 1.33. The molecule has 0 aliphatic rings. The van der Waals surface area contributed by atoms with Gasteiger partial charge >= 0.3 is 12.3 Å². The van der Waals surface area contributed by atoms with Crippen LogP contribution in [0, 0.1) is 0 Å². The number of halogens is 3. The van der Waals surface area contributed by atoms with Crippen molar-refractivity contribution in [2.24, 2.45) is 0 Å². The summed E-state index contributed by atoms with van der Waals surface area (Å²) in [6, 6.07) is 4.78. The van der Waals surface area contributed by atoms with Gasteiger partial charge in [-0.15, -0.1) is 0 Å². The predicted octanol–water partition coefficient (Wildman–Crippen LogP) is 2.76. The maximum atomic E-state index is 12.6. The van der Waals surface area contributed by atoms with Crippen molar-refractivity contribution in [2.45, 2.75) is 6.18 Å². The van der Waals surface area contributed by atoms with E-state index in [9.17, 15) is 18.0 Å². The van der Waals surface area contributed by atoms with Crippen LogP contribution in [0.4, 0.5) is 23.7 Å². The smallest absolute Gasteiger partial charge is 0.418 e. The van der Waals surface area contributed by atoms with Crippen molar-refractivity contribution < 1.29 is 22.7 Å². The summed E-state index contributed by atoms with van der Waals surface area (Å²) in [5.74, 6) is 0. The Hall–Kier alpha value is -1.83. The predicted molar refractivity (Wildman–Crippen MR) is 63.2 cm³/mol. The normalized spacial score (nSPS) is 10.7. The molecule has 1 aromatic rings. The topological polar surface area (TPSA) is 50.4 Å². The van der Waals surface area contributed by atoms with Crippen LogP contribution < -0.4 is 10.6 Å². The molecule has 2 N–H and O–H groups in total. The van der Waals surface area contributed by atoms with E-state index in [1.54, 1.807) is 0 Å². The lowest BCUT2D eigenvalue weighted by Gasteiger charge is -2.14. The molecule has 0 aliphatic carbocycles. The van der Waals surface area contributed by atoms with Crippen LogP contribution in [0.2, 0.25) is 0 Å². The van der Waals surface area contributed by atoms with E-state index in [4.69, 9.17) is 0 Å². The Morgan fingerprint density at radius 3 is 2.50 bits per heavy atom. The lowest BCUT2D eigenvalue weighted by molar-refractivity contribution is -0.136. The Morgan fingerprint density at radius 2 is 1.94 bits per heavy atom. The number of methoxy groups -OCH3 is 1. The highest BCUT2D eigenvalue weighted by Gasteiger charge is 2.33. The molecule has 0 unspecified atom stereocenters. The first-order chi connectivity index (χ1) is 8.34. The third-order valence-corrected chi connectivity index (χ3v) is 2.09. The van der Waals surface area contributed by atoms with Crippen LogP contribution in [-0.2, 0) is 10.9 Å². The van der Waals surface area contributed by atoms with Crippen molar-refractivity contribution >= 4 is 29.1 Å². The summed E-state index contributed by atoms with van der Waals surface area (Å²) in [5, 5.41) is 4.05. The minimum atomic E-state index is -4.51. The van der Waals surface area contributed by atoms with E-state index in [0.29, 0.717) is 0 Å². The Bertz CT molecular complexity index is 463. The average Bonchev–Trinajstić information content (AvgIpc) is 2.27. The zero-order valence-corrected chi connectivity index (χ0v) is 9.98. The molecule has 18 heavy (non-hydrogen) atoms. The fraction of sp³-hybridized carbons (Fsp3) is 0.200. The minimum Gasteiger partial charge on any atom is -0.453 e. The number of para-hydroxylation sites is 1. The molecule has 1 amide bonds. The number of benzene rings is 1. The van der Waals surface area contributed by atoms with E-state index < -0.39 is 17.8 Å². The van der Waals surface area contributed by atoms with Crippen molar-refractivity contribution in [3.63, 3.8) is 0 Å². The van der Waals surface area contributed by atoms with Crippen molar-refractivity contribution in [1.29, 1.82) is 0 Å². The highest BCUT2D eigenvalue weighted by atomic mass is 32.1. The monoisotopic (exact) mass is 278 g/mol. The molecule has 0 radical (unpaired) electrons. The Morgan fingerprint density at radius 1 is 1.33 bits per heavy atom. The summed E-state index contributed by atoms with van der Waals surface area (Å²) >= 11 is 4.67. The largest absolute Gasteiger partial charge is 0.453 e. The molecule has 0 heterocycles. The third kappa shape index (κ3) is 3.88. The van der Waals surface area contributed by atoms with Gasteiger partial charge in [-0.25, -0.2) is 4.79 Å². The summed E-state index contributed by atoms with van der Waals surface area (Å²) < 4.78 is 42.2. The molecule has 0 aliphatic heterocycles. The molecular weight excluding hydrogens is 269 g/mol. The molecule has 4 nitrogen and oxygen atoms in total. The molecular formula is C10H9F3N2O2S. The number of carbonyl (C=O) groups is 1. The first-order valence-electron chi connectivity index (χ1n) is 4.66. The summed E-state index contributed by atoms with van der Waals surface area (Å²) in [6.07, 6.45) is -5.37. The molecule has 0 bridgehead atoms. The lowest BCUT2D eigenvalue weighted by atomic mass is 10.2. The Kier molecular flexibility index (Phi) is 4.49. The average molecular weight is 278 g/mol. The van der Waals surface area contributed by atoms with Gasteiger partial charge in [0.15, 0.2) is 5.11 Å². The second-order valence-electron chi connectivity index (χ2n) is 3.11. The second kappa shape index (κ2) is 5.67. The van der Waals surface area contributed by atoms with Crippen LogP contribution >= 0.6 is 12.2 Å². The van der Waals surface area contributed by atoms with Crippen LogP contribution in [-0.4, -0.2) is 18.3 Å². The number of alkyl halides is 3. The van der Waals surface area contributed by atoms with Crippen LogP contribution in [0.15, 0.2) is 24.3 Å². The third-order valence-electron chi connectivity index (χ3n) is 1.88. The summed E-state index contributed by atoms with van der Waals surface area (Å²) in [4.78, 5) is 10.8.